The summed E-state index contributed by atoms with van der Waals surface area (Å²) in [5, 5.41) is 5.53. The smallest absolute Gasteiger partial charge is 0.157 e. The number of aromatic nitrogens is 3. The van der Waals surface area contributed by atoms with Gasteiger partial charge in [0.2, 0.25) is 0 Å². The molecule has 0 saturated carbocycles. The Kier molecular flexibility index (Phi) is 2.73. The van der Waals surface area contributed by atoms with Gasteiger partial charge in [-0.1, -0.05) is 35.3 Å². The average Bonchev–Trinajstić information content (AvgIpc) is 2.68. The fraction of sp³-hybridized carbons (Fsp3) is 0.0769. The topological polar surface area (TPSA) is 30.2 Å². The van der Waals surface area contributed by atoms with E-state index < -0.39 is 0 Å². The molecule has 0 saturated heterocycles. The molecule has 0 aliphatic rings. The third-order valence-electron chi connectivity index (χ3n) is 2.64. The normalized spacial score (nSPS) is 11.1. The highest BCUT2D eigenvalue weighted by molar-refractivity contribution is 6.31. The summed E-state index contributed by atoms with van der Waals surface area (Å²) in [6.45, 7) is 1.92. The summed E-state index contributed by atoms with van der Waals surface area (Å²) < 4.78 is 1.77. The van der Waals surface area contributed by atoms with Crippen molar-refractivity contribution in [2.75, 3.05) is 0 Å². The molecule has 0 bridgehead atoms. The summed E-state index contributed by atoms with van der Waals surface area (Å²) in [7, 11) is 0. The molecule has 1 aromatic carbocycles. The highest BCUT2D eigenvalue weighted by Gasteiger charge is 2.09. The highest BCUT2D eigenvalue weighted by Crippen LogP contribution is 2.25. The van der Waals surface area contributed by atoms with E-state index in [1.54, 1.807) is 10.6 Å². The molecule has 0 aliphatic carbocycles. The first-order valence-electron chi connectivity index (χ1n) is 5.42. The summed E-state index contributed by atoms with van der Waals surface area (Å²) in [5.41, 5.74) is 3.46. The molecule has 0 N–H and O–H groups in total. The van der Waals surface area contributed by atoms with Crippen LogP contribution in [-0.2, 0) is 0 Å². The molecule has 0 radical (unpaired) electrons. The molecule has 0 amide bonds. The molecule has 18 heavy (non-hydrogen) atoms. The van der Waals surface area contributed by atoms with Crippen LogP contribution in [0.2, 0.25) is 10.2 Å². The van der Waals surface area contributed by atoms with Gasteiger partial charge >= 0.3 is 0 Å². The van der Waals surface area contributed by atoms with Crippen molar-refractivity contribution >= 4 is 28.8 Å². The van der Waals surface area contributed by atoms with Crippen molar-refractivity contribution in [2.45, 2.75) is 6.92 Å². The first-order chi connectivity index (χ1) is 8.63. The Morgan fingerprint density at radius 2 is 1.94 bits per heavy atom. The van der Waals surface area contributed by atoms with Crippen LogP contribution >= 0.6 is 23.2 Å². The molecular formula is C13H9Cl2N3. The number of benzene rings is 1. The zero-order valence-corrected chi connectivity index (χ0v) is 11.1. The predicted octanol–water partition coefficient (Wildman–Crippen LogP) is 4.01. The van der Waals surface area contributed by atoms with Crippen LogP contribution in [0.1, 0.15) is 5.69 Å². The molecular weight excluding hydrogens is 269 g/mol. The quantitative estimate of drug-likeness (QED) is 0.629. The Bertz CT molecular complexity index is 734. The van der Waals surface area contributed by atoms with E-state index in [4.69, 9.17) is 23.2 Å². The van der Waals surface area contributed by atoms with Gasteiger partial charge in [0, 0.05) is 22.7 Å². The van der Waals surface area contributed by atoms with Gasteiger partial charge in [-0.2, -0.15) is 5.10 Å². The fourth-order valence-corrected chi connectivity index (χ4v) is 2.29. The van der Waals surface area contributed by atoms with E-state index in [-0.39, 0.29) is 0 Å². The molecule has 2 heterocycles. The summed E-state index contributed by atoms with van der Waals surface area (Å²) >= 11 is 12.1. The SMILES string of the molecule is Cc1cc2nc(Cl)cc(-c3cccc(Cl)c3)n2n1. The van der Waals surface area contributed by atoms with E-state index in [9.17, 15) is 0 Å². The van der Waals surface area contributed by atoms with E-state index in [2.05, 4.69) is 10.1 Å². The third-order valence-corrected chi connectivity index (χ3v) is 3.07. The monoisotopic (exact) mass is 277 g/mol. The van der Waals surface area contributed by atoms with Crippen LogP contribution < -0.4 is 0 Å². The second-order valence-corrected chi connectivity index (χ2v) is 4.85. The largest absolute Gasteiger partial charge is 0.217 e. The first kappa shape index (κ1) is 11.5. The van der Waals surface area contributed by atoms with Crippen molar-refractivity contribution in [3.63, 3.8) is 0 Å². The number of aryl methyl sites for hydroxylation is 1. The number of hydrogen-bond acceptors (Lipinski definition) is 2. The van der Waals surface area contributed by atoms with Crippen LogP contribution in [0.15, 0.2) is 36.4 Å². The van der Waals surface area contributed by atoms with Crippen molar-refractivity contribution < 1.29 is 0 Å². The van der Waals surface area contributed by atoms with Gasteiger partial charge in [-0.3, -0.25) is 0 Å². The number of fused-ring (bicyclic) bond motifs is 1. The lowest BCUT2D eigenvalue weighted by Crippen LogP contribution is -1.96. The Labute approximate surface area is 114 Å². The average molecular weight is 278 g/mol. The highest BCUT2D eigenvalue weighted by atomic mass is 35.5. The Hall–Kier alpha value is -1.58. The van der Waals surface area contributed by atoms with Gasteiger partial charge in [-0.15, -0.1) is 0 Å². The van der Waals surface area contributed by atoms with Gasteiger partial charge < -0.3 is 0 Å². The maximum absolute atomic E-state index is 6.04. The molecule has 0 unspecified atom stereocenters. The summed E-state index contributed by atoms with van der Waals surface area (Å²) in [6, 6.07) is 11.2. The van der Waals surface area contributed by atoms with Crippen molar-refractivity contribution in [1.82, 2.24) is 14.6 Å². The summed E-state index contributed by atoms with van der Waals surface area (Å²) in [5.74, 6) is 0. The zero-order valence-electron chi connectivity index (χ0n) is 9.56. The molecule has 90 valence electrons. The Morgan fingerprint density at radius 3 is 2.72 bits per heavy atom. The maximum Gasteiger partial charge on any atom is 0.157 e. The molecule has 3 rings (SSSR count). The summed E-state index contributed by atoms with van der Waals surface area (Å²) in [6.07, 6.45) is 0. The van der Waals surface area contributed by atoms with Crippen molar-refractivity contribution in [3.8, 4) is 11.3 Å². The van der Waals surface area contributed by atoms with E-state index >= 15 is 0 Å². The molecule has 3 nitrogen and oxygen atoms in total. The van der Waals surface area contributed by atoms with Gasteiger partial charge in [-0.05, 0) is 19.1 Å². The molecule has 0 spiro atoms. The summed E-state index contributed by atoms with van der Waals surface area (Å²) in [4.78, 5) is 4.24. The van der Waals surface area contributed by atoms with Crippen LogP contribution in [0.5, 0.6) is 0 Å². The van der Waals surface area contributed by atoms with Gasteiger partial charge in [0.05, 0.1) is 11.4 Å². The van der Waals surface area contributed by atoms with Crippen molar-refractivity contribution in [1.29, 1.82) is 0 Å². The fourth-order valence-electron chi connectivity index (χ4n) is 1.91. The van der Waals surface area contributed by atoms with Crippen LogP contribution in [0.4, 0.5) is 0 Å². The van der Waals surface area contributed by atoms with E-state index in [1.807, 2.05) is 37.3 Å². The lowest BCUT2D eigenvalue weighted by molar-refractivity contribution is 0.925. The van der Waals surface area contributed by atoms with Crippen LogP contribution in [0.3, 0.4) is 0 Å². The number of halogens is 2. The van der Waals surface area contributed by atoms with Crippen LogP contribution in [-0.4, -0.2) is 14.6 Å². The minimum absolute atomic E-state index is 0.442. The minimum Gasteiger partial charge on any atom is -0.217 e. The molecule has 0 aliphatic heterocycles. The standard InChI is InChI=1S/C13H9Cl2N3/c1-8-5-13-16-12(15)7-11(18(13)17-8)9-3-2-4-10(14)6-9/h2-7H,1H3. The molecule has 0 fully saturated rings. The third kappa shape index (κ3) is 1.96. The van der Waals surface area contributed by atoms with E-state index in [0.29, 0.717) is 10.2 Å². The van der Waals surface area contributed by atoms with E-state index in [0.717, 1.165) is 22.6 Å². The van der Waals surface area contributed by atoms with Crippen molar-refractivity contribution in [2.24, 2.45) is 0 Å². The lowest BCUT2D eigenvalue weighted by atomic mass is 10.1. The Morgan fingerprint density at radius 1 is 1.11 bits per heavy atom. The lowest BCUT2D eigenvalue weighted by Gasteiger charge is -2.05. The molecule has 2 aromatic heterocycles. The van der Waals surface area contributed by atoms with Gasteiger partial charge in [0.25, 0.3) is 0 Å². The second-order valence-electron chi connectivity index (χ2n) is 4.03. The van der Waals surface area contributed by atoms with Gasteiger partial charge in [0.15, 0.2) is 5.65 Å². The maximum atomic E-state index is 6.04. The molecule has 3 aromatic rings. The predicted molar refractivity (Wildman–Crippen MR) is 73.2 cm³/mol. The second kappa shape index (κ2) is 4.26. The van der Waals surface area contributed by atoms with E-state index in [1.165, 1.54) is 0 Å². The van der Waals surface area contributed by atoms with Crippen molar-refractivity contribution in [3.05, 3.63) is 52.3 Å². The molecule has 0 atom stereocenters. The van der Waals surface area contributed by atoms with Gasteiger partial charge in [-0.25, -0.2) is 9.50 Å². The minimum atomic E-state index is 0.442. The van der Waals surface area contributed by atoms with Crippen LogP contribution in [0, 0.1) is 6.92 Å². The van der Waals surface area contributed by atoms with Gasteiger partial charge in [0.1, 0.15) is 5.15 Å². The zero-order chi connectivity index (χ0) is 12.7. The Balaban J connectivity index is 2.34. The number of rotatable bonds is 1. The number of nitrogens with zero attached hydrogens (tertiary/aromatic N) is 3. The first-order valence-corrected chi connectivity index (χ1v) is 6.18. The number of hydrogen-bond donors (Lipinski definition) is 0. The molecule has 5 heteroatoms. The van der Waals surface area contributed by atoms with Crippen LogP contribution in [0.25, 0.3) is 16.9 Å².